The summed E-state index contributed by atoms with van der Waals surface area (Å²) >= 11 is 0. The minimum atomic E-state index is -0.527. The summed E-state index contributed by atoms with van der Waals surface area (Å²) in [5.41, 5.74) is 0.0161. The number of nitrogens with one attached hydrogen (secondary N) is 1. The fourth-order valence-electron chi connectivity index (χ4n) is 3.01. The number of nitrogens with zero attached hydrogens (tertiary/aromatic N) is 4. The van der Waals surface area contributed by atoms with Gasteiger partial charge in [-0.1, -0.05) is 11.2 Å². The van der Waals surface area contributed by atoms with Crippen LogP contribution in [0.5, 0.6) is 11.5 Å². The predicted molar refractivity (Wildman–Crippen MR) is 96.2 cm³/mol. The molecule has 0 saturated heterocycles. The Hall–Kier alpha value is -3.95. The Morgan fingerprint density at radius 3 is 2.82 bits per heavy atom. The molecule has 5 rings (SSSR count). The molecule has 0 amide bonds. The minimum Gasteiger partial charge on any atom is -0.454 e. The first-order valence-corrected chi connectivity index (χ1v) is 8.49. The average molecular weight is 379 g/mol. The van der Waals surface area contributed by atoms with Gasteiger partial charge in [-0.15, -0.1) is 0 Å². The molecular weight excluding hydrogens is 366 g/mol. The molecule has 1 aromatic carbocycles. The highest BCUT2D eigenvalue weighted by atomic mass is 16.7. The van der Waals surface area contributed by atoms with Crippen molar-refractivity contribution in [1.29, 1.82) is 0 Å². The Labute approximate surface area is 156 Å². The SMILES string of the molecule is O=c1[nH]c2cc3c(cc2c(=O)n1CCc1nc(-c2ccccn2)no1)OCO3. The fourth-order valence-corrected chi connectivity index (χ4v) is 3.01. The standard InChI is InChI=1S/C18H13N5O5/c24-17-10-7-13-14(27-9-26-13)8-12(10)20-18(25)23(17)6-4-15-21-16(22-28-15)11-3-1-2-5-19-11/h1-3,5,7-8H,4,6,9H2,(H,20,25). The van der Waals surface area contributed by atoms with E-state index in [1.165, 1.54) is 0 Å². The number of H-pyrrole nitrogens is 1. The summed E-state index contributed by atoms with van der Waals surface area (Å²) in [4.78, 5) is 36.2. The van der Waals surface area contributed by atoms with Gasteiger partial charge in [-0.25, -0.2) is 4.79 Å². The Morgan fingerprint density at radius 2 is 2.00 bits per heavy atom. The van der Waals surface area contributed by atoms with Crippen LogP contribution in [0.25, 0.3) is 22.4 Å². The zero-order valence-corrected chi connectivity index (χ0v) is 14.4. The molecule has 3 aromatic heterocycles. The van der Waals surface area contributed by atoms with Crippen LogP contribution in [-0.2, 0) is 13.0 Å². The molecule has 1 aliphatic heterocycles. The smallest absolute Gasteiger partial charge is 0.328 e. The second-order valence-electron chi connectivity index (χ2n) is 6.11. The third-order valence-electron chi connectivity index (χ3n) is 4.39. The first-order valence-electron chi connectivity index (χ1n) is 8.49. The van der Waals surface area contributed by atoms with Crippen molar-refractivity contribution in [3.8, 4) is 23.0 Å². The fraction of sp³-hybridized carbons (Fsp3) is 0.167. The van der Waals surface area contributed by atoms with Gasteiger partial charge in [0.1, 0.15) is 5.69 Å². The van der Waals surface area contributed by atoms with E-state index in [0.29, 0.717) is 39.8 Å². The molecule has 28 heavy (non-hydrogen) atoms. The maximum absolute atomic E-state index is 12.8. The van der Waals surface area contributed by atoms with Gasteiger partial charge in [0.05, 0.1) is 10.9 Å². The van der Waals surface area contributed by atoms with Crippen molar-refractivity contribution in [3.05, 3.63) is 63.3 Å². The van der Waals surface area contributed by atoms with Gasteiger partial charge >= 0.3 is 5.69 Å². The van der Waals surface area contributed by atoms with Crippen molar-refractivity contribution in [2.24, 2.45) is 0 Å². The molecule has 0 bridgehead atoms. The molecule has 10 heteroatoms. The van der Waals surface area contributed by atoms with E-state index >= 15 is 0 Å². The van der Waals surface area contributed by atoms with Gasteiger partial charge in [0.2, 0.25) is 18.5 Å². The average Bonchev–Trinajstić information content (AvgIpc) is 3.36. The van der Waals surface area contributed by atoms with Gasteiger partial charge in [-0.2, -0.15) is 4.98 Å². The van der Waals surface area contributed by atoms with Gasteiger partial charge in [0, 0.05) is 25.2 Å². The van der Waals surface area contributed by atoms with Crippen LogP contribution in [0.2, 0.25) is 0 Å². The number of aromatic amines is 1. The molecule has 0 aliphatic carbocycles. The number of hydrogen-bond acceptors (Lipinski definition) is 8. The Bertz CT molecular complexity index is 1290. The lowest BCUT2D eigenvalue weighted by atomic mass is 10.2. The summed E-state index contributed by atoms with van der Waals surface area (Å²) in [5.74, 6) is 1.62. The van der Waals surface area contributed by atoms with Crippen molar-refractivity contribution in [1.82, 2.24) is 24.7 Å². The van der Waals surface area contributed by atoms with E-state index in [2.05, 4.69) is 20.1 Å². The number of fused-ring (bicyclic) bond motifs is 2. The van der Waals surface area contributed by atoms with E-state index in [9.17, 15) is 9.59 Å². The first kappa shape index (κ1) is 16.2. The van der Waals surface area contributed by atoms with Gasteiger partial charge in [0.25, 0.3) is 5.56 Å². The van der Waals surface area contributed by atoms with Crippen LogP contribution in [0.3, 0.4) is 0 Å². The normalized spacial score (nSPS) is 12.6. The molecule has 0 radical (unpaired) electrons. The molecule has 4 heterocycles. The van der Waals surface area contributed by atoms with Crippen molar-refractivity contribution < 1.29 is 14.0 Å². The summed E-state index contributed by atoms with van der Waals surface area (Å²) < 4.78 is 16.9. The number of benzene rings is 1. The van der Waals surface area contributed by atoms with E-state index < -0.39 is 11.2 Å². The lowest BCUT2D eigenvalue weighted by Gasteiger charge is -2.06. The third-order valence-corrected chi connectivity index (χ3v) is 4.39. The number of aromatic nitrogens is 5. The molecule has 0 saturated carbocycles. The second-order valence-corrected chi connectivity index (χ2v) is 6.11. The topological polar surface area (TPSA) is 125 Å². The van der Waals surface area contributed by atoms with Crippen LogP contribution >= 0.6 is 0 Å². The lowest BCUT2D eigenvalue weighted by Crippen LogP contribution is -2.35. The van der Waals surface area contributed by atoms with Crippen molar-refractivity contribution in [2.45, 2.75) is 13.0 Å². The molecule has 4 aromatic rings. The second kappa shape index (κ2) is 6.34. The molecular formula is C18H13N5O5. The number of rotatable bonds is 4. The van der Waals surface area contributed by atoms with Crippen molar-refractivity contribution >= 4 is 10.9 Å². The largest absolute Gasteiger partial charge is 0.454 e. The number of pyridine rings is 1. The highest BCUT2D eigenvalue weighted by molar-refractivity contribution is 5.81. The summed E-state index contributed by atoms with van der Waals surface area (Å²) in [6.45, 7) is 0.169. The van der Waals surface area contributed by atoms with E-state index in [1.54, 1.807) is 30.5 Å². The predicted octanol–water partition coefficient (Wildman–Crippen LogP) is 1.11. The molecule has 0 fully saturated rings. The van der Waals surface area contributed by atoms with Crippen LogP contribution in [0, 0.1) is 0 Å². The maximum Gasteiger partial charge on any atom is 0.328 e. The molecule has 10 nitrogen and oxygen atoms in total. The van der Waals surface area contributed by atoms with Crippen molar-refractivity contribution in [3.63, 3.8) is 0 Å². The highest BCUT2D eigenvalue weighted by Gasteiger charge is 2.18. The number of hydrogen-bond donors (Lipinski definition) is 1. The summed E-state index contributed by atoms with van der Waals surface area (Å²) in [6, 6.07) is 8.52. The third kappa shape index (κ3) is 2.71. The molecule has 0 unspecified atom stereocenters. The molecule has 0 atom stereocenters. The summed E-state index contributed by atoms with van der Waals surface area (Å²) in [7, 11) is 0. The Balaban J connectivity index is 1.44. The molecule has 1 aliphatic rings. The van der Waals surface area contributed by atoms with Crippen LogP contribution < -0.4 is 20.7 Å². The van der Waals surface area contributed by atoms with Gasteiger partial charge in [-0.3, -0.25) is 14.3 Å². The lowest BCUT2D eigenvalue weighted by molar-refractivity contribution is 0.174. The van der Waals surface area contributed by atoms with E-state index in [0.717, 1.165) is 4.57 Å². The van der Waals surface area contributed by atoms with Gasteiger partial charge in [0.15, 0.2) is 11.5 Å². The van der Waals surface area contributed by atoms with Crippen LogP contribution in [0.1, 0.15) is 5.89 Å². The maximum atomic E-state index is 12.8. The Kier molecular flexibility index (Phi) is 3.68. The molecule has 0 spiro atoms. The van der Waals surface area contributed by atoms with E-state index in [1.807, 2.05) is 6.07 Å². The summed E-state index contributed by atoms with van der Waals surface area (Å²) in [6.07, 6.45) is 1.85. The van der Waals surface area contributed by atoms with Gasteiger partial charge in [-0.05, 0) is 18.2 Å². The monoisotopic (exact) mass is 379 g/mol. The van der Waals surface area contributed by atoms with Crippen LogP contribution in [0.15, 0.2) is 50.6 Å². The van der Waals surface area contributed by atoms with E-state index in [4.69, 9.17) is 14.0 Å². The zero-order chi connectivity index (χ0) is 19.1. The van der Waals surface area contributed by atoms with Crippen LogP contribution in [-0.4, -0.2) is 31.5 Å². The zero-order valence-electron chi connectivity index (χ0n) is 14.4. The van der Waals surface area contributed by atoms with Crippen molar-refractivity contribution in [2.75, 3.05) is 6.79 Å². The minimum absolute atomic E-state index is 0.0832. The first-order chi connectivity index (χ1) is 13.7. The summed E-state index contributed by atoms with van der Waals surface area (Å²) in [5, 5.41) is 4.22. The van der Waals surface area contributed by atoms with Crippen LogP contribution in [0.4, 0.5) is 0 Å². The molecule has 1 N–H and O–H groups in total. The quantitative estimate of drug-likeness (QED) is 0.559. The number of ether oxygens (including phenoxy) is 2. The molecule has 140 valence electrons. The van der Waals surface area contributed by atoms with Gasteiger partial charge < -0.3 is 19.0 Å². The Morgan fingerprint density at radius 1 is 1.14 bits per heavy atom. The van der Waals surface area contributed by atoms with E-state index in [-0.39, 0.29) is 19.8 Å². The highest BCUT2D eigenvalue weighted by Crippen LogP contribution is 2.34. The number of aryl methyl sites for hydroxylation is 1.